The Kier molecular flexibility index (Phi) is 3.35. The van der Waals surface area contributed by atoms with Crippen LogP contribution in [-0.4, -0.2) is 22.4 Å². The Morgan fingerprint density at radius 3 is 2.63 bits per heavy atom. The highest BCUT2D eigenvalue weighted by atomic mass is 16.3. The van der Waals surface area contributed by atoms with Crippen molar-refractivity contribution < 1.29 is 9.21 Å². The Bertz CT molecular complexity index is 431. The summed E-state index contributed by atoms with van der Waals surface area (Å²) in [6.45, 7) is 0.565. The Labute approximate surface area is 113 Å². The van der Waals surface area contributed by atoms with Crippen molar-refractivity contribution in [1.29, 1.82) is 0 Å². The maximum Gasteiger partial charge on any atom is 0.243 e. The zero-order chi connectivity index (χ0) is 13.3. The standard InChI is InChI=1S/C15H22N2O2/c16-15(8-4-9-15)14(18)17(12-5-1-2-6-12)11-13-7-3-10-19-13/h3,7,10,12H,1-2,4-6,8-9,11,16H2. The van der Waals surface area contributed by atoms with Crippen LogP contribution in [0.2, 0.25) is 0 Å². The highest BCUT2D eigenvalue weighted by Crippen LogP contribution is 2.34. The van der Waals surface area contributed by atoms with Gasteiger partial charge < -0.3 is 15.1 Å². The fourth-order valence-electron chi connectivity index (χ4n) is 3.21. The lowest BCUT2D eigenvalue weighted by molar-refractivity contribution is -0.143. The van der Waals surface area contributed by atoms with E-state index in [0.29, 0.717) is 12.6 Å². The molecule has 2 saturated carbocycles. The smallest absolute Gasteiger partial charge is 0.243 e. The maximum absolute atomic E-state index is 12.7. The second-order valence-corrected chi connectivity index (χ2v) is 5.96. The molecule has 2 aliphatic carbocycles. The topological polar surface area (TPSA) is 59.5 Å². The third-order valence-electron chi connectivity index (χ3n) is 4.60. The zero-order valence-electron chi connectivity index (χ0n) is 11.3. The molecule has 0 unspecified atom stereocenters. The van der Waals surface area contributed by atoms with Gasteiger partial charge in [0.05, 0.1) is 18.3 Å². The van der Waals surface area contributed by atoms with Crippen LogP contribution in [0.1, 0.15) is 50.7 Å². The molecular formula is C15H22N2O2. The summed E-state index contributed by atoms with van der Waals surface area (Å²) in [6.07, 6.45) is 9.01. The predicted octanol–water partition coefficient (Wildman–Crippen LogP) is 2.43. The van der Waals surface area contributed by atoms with Crippen molar-refractivity contribution >= 4 is 5.91 Å². The SMILES string of the molecule is NC1(C(=O)N(Cc2ccco2)C2CCCC2)CCC1. The van der Waals surface area contributed by atoms with Crippen molar-refractivity contribution in [3.05, 3.63) is 24.2 Å². The van der Waals surface area contributed by atoms with Gasteiger partial charge in [0.25, 0.3) is 0 Å². The lowest BCUT2D eigenvalue weighted by Gasteiger charge is -2.42. The summed E-state index contributed by atoms with van der Waals surface area (Å²) in [7, 11) is 0. The Morgan fingerprint density at radius 1 is 1.37 bits per heavy atom. The van der Waals surface area contributed by atoms with Gasteiger partial charge in [-0.2, -0.15) is 0 Å². The van der Waals surface area contributed by atoms with E-state index in [4.69, 9.17) is 10.2 Å². The molecule has 1 heterocycles. The van der Waals surface area contributed by atoms with Crippen molar-refractivity contribution in [1.82, 2.24) is 4.90 Å². The molecule has 3 rings (SSSR count). The molecule has 2 fully saturated rings. The van der Waals surface area contributed by atoms with Crippen LogP contribution in [0.4, 0.5) is 0 Å². The number of nitrogens with zero attached hydrogens (tertiary/aromatic N) is 1. The average Bonchev–Trinajstić information content (AvgIpc) is 3.04. The molecule has 0 saturated heterocycles. The molecule has 4 nitrogen and oxygen atoms in total. The summed E-state index contributed by atoms with van der Waals surface area (Å²) in [6, 6.07) is 4.14. The second kappa shape index (κ2) is 5.00. The van der Waals surface area contributed by atoms with Crippen molar-refractivity contribution in [3.63, 3.8) is 0 Å². The lowest BCUT2D eigenvalue weighted by Crippen LogP contribution is -2.60. The van der Waals surface area contributed by atoms with Crippen molar-refractivity contribution in [3.8, 4) is 0 Å². The molecule has 0 radical (unpaired) electrons. The Hall–Kier alpha value is -1.29. The minimum Gasteiger partial charge on any atom is -0.467 e. The minimum atomic E-state index is -0.602. The molecule has 1 amide bonds. The fraction of sp³-hybridized carbons (Fsp3) is 0.667. The van der Waals surface area contributed by atoms with Gasteiger partial charge in [-0.15, -0.1) is 0 Å². The average molecular weight is 262 g/mol. The molecule has 0 bridgehead atoms. The zero-order valence-corrected chi connectivity index (χ0v) is 11.3. The van der Waals surface area contributed by atoms with E-state index >= 15 is 0 Å². The van der Waals surface area contributed by atoms with Gasteiger partial charge in [0, 0.05) is 6.04 Å². The number of furan rings is 1. The van der Waals surface area contributed by atoms with Crippen molar-refractivity contribution in [2.75, 3.05) is 0 Å². The number of rotatable bonds is 4. The van der Waals surface area contributed by atoms with E-state index in [1.54, 1.807) is 6.26 Å². The van der Waals surface area contributed by atoms with Gasteiger partial charge in [-0.3, -0.25) is 4.79 Å². The first kappa shape index (κ1) is 12.7. The molecule has 2 aliphatic rings. The molecular weight excluding hydrogens is 240 g/mol. The second-order valence-electron chi connectivity index (χ2n) is 5.96. The number of nitrogens with two attached hydrogens (primary N) is 1. The summed E-state index contributed by atoms with van der Waals surface area (Å²) in [5.41, 5.74) is 5.62. The predicted molar refractivity (Wildman–Crippen MR) is 72.3 cm³/mol. The third kappa shape index (κ3) is 2.41. The largest absolute Gasteiger partial charge is 0.467 e. The van der Waals surface area contributed by atoms with Gasteiger partial charge in [-0.25, -0.2) is 0 Å². The Morgan fingerprint density at radius 2 is 2.11 bits per heavy atom. The van der Waals surface area contributed by atoms with Gasteiger partial charge in [-0.05, 0) is 44.2 Å². The molecule has 19 heavy (non-hydrogen) atoms. The van der Waals surface area contributed by atoms with Crippen LogP contribution in [0, 0.1) is 0 Å². The van der Waals surface area contributed by atoms with Gasteiger partial charge in [0.2, 0.25) is 5.91 Å². The third-order valence-corrected chi connectivity index (χ3v) is 4.60. The van der Waals surface area contributed by atoms with Crippen molar-refractivity contribution in [2.45, 2.75) is 63.1 Å². The van der Waals surface area contributed by atoms with E-state index in [1.807, 2.05) is 17.0 Å². The van der Waals surface area contributed by atoms with Crippen LogP contribution in [0.15, 0.2) is 22.8 Å². The van der Waals surface area contributed by atoms with Crippen LogP contribution >= 0.6 is 0 Å². The molecule has 1 aromatic rings. The summed E-state index contributed by atoms with van der Waals surface area (Å²) >= 11 is 0. The van der Waals surface area contributed by atoms with E-state index in [-0.39, 0.29) is 5.91 Å². The highest BCUT2D eigenvalue weighted by molar-refractivity contribution is 5.87. The number of hydrogen-bond acceptors (Lipinski definition) is 3. The highest BCUT2D eigenvalue weighted by Gasteiger charge is 2.44. The first-order valence-electron chi connectivity index (χ1n) is 7.31. The van der Waals surface area contributed by atoms with E-state index < -0.39 is 5.54 Å². The fourth-order valence-corrected chi connectivity index (χ4v) is 3.21. The summed E-state index contributed by atoms with van der Waals surface area (Å²) in [4.78, 5) is 14.7. The molecule has 1 aromatic heterocycles. The number of hydrogen-bond donors (Lipinski definition) is 1. The summed E-state index contributed by atoms with van der Waals surface area (Å²) in [5, 5.41) is 0. The normalized spacial score (nSPS) is 22.2. The van der Waals surface area contributed by atoms with Crippen LogP contribution in [0.3, 0.4) is 0 Å². The first-order chi connectivity index (χ1) is 9.19. The van der Waals surface area contributed by atoms with E-state index in [1.165, 1.54) is 12.8 Å². The molecule has 0 atom stereocenters. The quantitative estimate of drug-likeness (QED) is 0.906. The molecule has 104 valence electrons. The van der Waals surface area contributed by atoms with Crippen LogP contribution in [0.25, 0.3) is 0 Å². The van der Waals surface area contributed by atoms with Gasteiger partial charge >= 0.3 is 0 Å². The van der Waals surface area contributed by atoms with Crippen LogP contribution in [0.5, 0.6) is 0 Å². The molecule has 0 aromatic carbocycles. The molecule has 4 heteroatoms. The van der Waals surface area contributed by atoms with Gasteiger partial charge in [0.15, 0.2) is 0 Å². The van der Waals surface area contributed by atoms with Gasteiger partial charge in [-0.1, -0.05) is 12.8 Å². The van der Waals surface area contributed by atoms with Crippen LogP contribution < -0.4 is 5.73 Å². The van der Waals surface area contributed by atoms with Gasteiger partial charge in [0.1, 0.15) is 5.76 Å². The monoisotopic (exact) mass is 262 g/mol. The van der Waals surface area contributed by atoms with Crippen LogP contribution in [-0.2, 0) is 11.3 Å². The van der Waals surface area contributed by atoms with Crippen molar-refractivity contribution in [2.24, 2.45) is 5.73 Å². The lowest BCUT2D eigenvalue weighted by atomic mass is 9.76. The maximum atomic E-state index is 12.7. The molecule has 2 N–H and O–H groups in total. The first-order valence-corrected chi connectivity index (χ1v) is 7.31. The number of carbonyl (C=O) groups excluding carboxylic acids is 1. The number of carbonyl (C=O) groups is 1. The minimum absolute atomic E-state index is 0.127. The van der Waals surface area contributed by atoms with E-state index in [2.05, 4.69) is 0 Å². The summed E-state index contributed by atoms with van der Waals surface area (Å²) in [5.74, 6) is 0.977. The Balaban J connectivity index is 1.77. The molecule has 0 aliphatic heterocycles. The number of amides is 1. The van der Waals surface area contributed by atoms with E-state index in [0.717, 1.165) is 37.9 Å². The summed E-state index contributed by atoms with van der Waals surface area (Å²) < 4.78 is 5.40. The molecule has 0 spiro atoms. The van der Waals surface area contributed by atoms with E-state index in [9.17, 15) is 4.79 Å².